The average molecular weight is 265 g/mol. The smallest absolute Gasteiger partial charge is 0.282 e. The Hall–Kier alpha value is -0.210. The maximum Gasteiger partial charge on any atom is 0.282 e. The van der Waals surface area contributed by atoms with Crippen LogP contribution in [0.15, 0.2) is 0 Å². The second-order valence-corrected chi connectivity index (χ2v) is 6.05. The molecule has 1 saturated heterocycles. The molecule has 102 valence electrons. The highest BCUT2D eigenvalue weighted by Gasteiger charge is 2.32. The molecule has 0 aromatic rings. The van der Waals surface area contributed by atoms with Crippen molar-refractivity contribution in [2.24, 2.45) is 0 Å². The van der Waals surface area contributed by atoms with Crippen LogP contribution in [-0.2, 0) is 14.9 Å². The Kier molecular flexibility index (Phi) is 5.81. The summed E-state index contributed by atoms with van der Waals surface area (Å²) in [5.74, 6) is 0. The molecule has 1 N–H and O–H groups in total. The fraction of sp³-hybridized carbons (Fsp3) is 1.00. The normalized spacial score (nSPS) is 20.7. The molecular formula is C10H23N3O3S. The van der Waals surface area contributed by atoms with Gasteiger partial charge in [-0.2, -0.15) is 17.0 Å². The third-order valence-electron chi connectivity index (χ3n) is 2.91. The van der Waals surface area contributed by atoms with E-state index in [0.717, 1.165) is 13.1 Å². The second-order valence-electron chi connectivity index (χ2n) is 4.16. The minimum atomic E-state index is -3.35. The molecule has 0 aromatic heterocycles. The van der Waals surface area contributed by atoms with Crippen molar-refractivity contribution in [3.05, 3.63) is 0 Å². The van der Waals surface area contributed by atoms with E-state index in [0.29, 0.717) is 26.2 Å². The number of methoxy groups -OCH3 is 1. The molecule has 6 nitrogen and oxygen atoms in total. The predicted octanol–water partition coefficient (Wildman–Crippen LogP) is -0.507. The van der Waals surface area contributed by atoms with Crippen LogP contribution in [0, 0.1) is 0 Å². The number of nitrogens with zero attached hydrogens (tertiary/aromatic N) is 2. The van der Waals surface area contributed by atoms with Crippen molar-refractivity contribution in [2.75, 3.05) is 46.4 Å². The van der Waals surface area contributed by atoms with Crippen LogP contribution in [0.4, 0.5) is 0 Å². The maximum absolute atomic E-state index is 12.4. The first-order valence-electron chi connectivity index (χ1n) is 6.00. The first-order chi connectivity index (χ1) is 8.04. The van der Waals surface area contributed by atoms with Crippen molar-refractivity contribution in [1.82, 2.24) is 13.9 Å². The average Bonchev–Trinajstić information content (AvgIpc) is 2.31. The fourth-order valence-electron chi connectivity index (χ4n) is 2.05. The van der Waals surface area contributed by atoms with Gasteiger partial charge in [-0.15, -0.1) is 0 Å². The molecule has 1 unspecified atom stereocenters. The topological polar surface area (TPSA) is 61.9 Å². The summed E-state index contributed by atoms with van der Waals surface area (Å²) >= 11 is 0. The Bertz CT molecular complexity index is 315. The summed E-state index contributed by atoms with van der Waals surface area (Å²) in [7, 11) is -1.76. The van der Waals surface area contributed by atoms with Crippen molar-refractivity contribution in [2.45, 2.75) is 19.9 Å². The zero-order valence-corrected chi connectivity index (χ0v) is 11.7. The van der Waals surface area contributed by atoms with Gasteiger partial charge in [-0.3, -0.25) is 0 Å². The lowest BCUT2D eigenvalue weighted by Gasteiger charge is -2.34. The molecule has 1 fully saturated rings. The van der Waals surface area contributed by atoms with Gasteiger partial charge in [0.1, 0.15) is 0 Å². The summed E-state index contributed by atoms with van der Waals surface area (Å²) < 4.78 is 32.9. The van der Waals surface area contributed by atoms with E-state index in [4.69, 9.17) is 4.74 Å². The minimum absolute atomic E-state index is 0.134. The van der Waals surface area contributed by atoms with Crippen molar-refractivity contribution >= 4 is 10.2 Å². The Morgan fingerprint density at radius 3 is 2.47 bits per heavy atom. The Morgan fingerprint density at radius 1 is 1.41 bits per heavy atom. The Balaban J connectivity index is 2.77. The standard InChI is InChI=1S/C10H23N3O3S/c1-4-13(10(2)9-16-3)17(14,15)12-7-5-11-6-8-12/h10-11H,4-9H2,1-3H3. The summed E-state index contributed by atoms with van der Waals surface area (Å²) in [5, 5.41) is 3.15. The van der Waals surface area contributed by atoms with Gasteiger partial charge < -0.3 is 10.1 Å². The first-order valence-corrected chi connectivity index (χ1v) is 7.40. The highest BCUT2D eigenvalue weighted by Crippen LogP contribution is 2.13. The first kappa shape index (κ1) is 14.8. The molecular weight excluding hydrogens is 242 g/mol. The number of rotatable bonds is 6. The van der Waals surface area contributed by atoms with E-state index >= 15 is 0 Å². The van der Waals surface area contributed by atoms with Crippen LogP contribution in [-0.4, -0.2) is 69.5 Å². The zero-order chi connectivity index (χ0) is 12.9. The van der Waals surface area contributed by atoms with E-state index in [-0.39, 0.29) is 6.04 Å². The van der Waals surface area contributed by atoms with Crippen LogP contribution in [0.1, 0.15) is 13.8 Å². The van der Waals surface area contributed by atoms with Gasteiger partial charge in [-0.25, -0.2) is 0 Å². The van der Waals surface area contributed by atoms with Crippen LogP contribution >= 0.6 is 0 Å². The molecule has 0 aliphatic carbocycles. The van der Waals surface area contributed by atoms with E-state index in [2.05, 4.69) is 5.32 Å². The molecule has 0 amide bonds. The highest BCUT2D eigenvalue weighted by molar-refractivity contribution is 7.86. The van der Waals surface area contributed by atoms with E-state index < -0.39 is 10.2 Å². The van der Waals surface area contributed by atoms with Gasteiger partial charge in [-0.05, 0) is 6.92 Å². The van der Waals surface area contributed by atoms with Crippen LogP contribution in [0.5, 0.6) is 0 Å². The van der Waals surface area contributed by atoms with Gasteiger partial charge in [0.25, 0.3) is 10.2 Å². The summed E-state index contributed by atoms with van der Waals surface area (Å²) in [4.78, 5) is 0. The molecule has 1 aliphatic heterocycles. The number of hydrogen-bond donors (Lipinski definition) is 1. The largest absolute Gasteiger partial charge is 0.383 e. The molecule has 0 aromatic carbocycles. The summed E-state index contributed by atoms with van der Waals surface area (Å²) in [5.41, 5.74) is 0. The Labute approximate surface area is 104 Å². The van der Waals surface area contributed by atoms with Crippen LogP contribution in [0.2, 0.25) is 0 Å². The number of nitrogens with one attached hydrogen (secondary N) is 1. The van der Waals surface area contributed by atoms with Crippen molar-refractivity contribution in [3.63, 3.8) is 0 Å². The van der Waals surface area contributed by atoms with Crippen LogP contribution in [0.3, 0.4) is 0 Å². The molecule has 0 saturated carbocycles. The molecule has 17 heavy (non-hydrogen) atoms. The summed E-state index contributed by atoms with van der Waals surface area (Å²) in [6.07, 6.45) is 0. The lowest BCUT2D eigenvalue weighted by atomic mass is 10.4. The van der Waals surface area contributed by atoms with Crippen LogP contribution < -0.4 is 5.32 Å². The lowest BCUT2D eigenvalue weighted by Crippen LogP contribution is -2.54. The third kappa shape index (κ3) is 3.62. The van der Waals surface area contributed by atoms with E-state index in [1.54, 1.807) is 11.4 Å². The monoisotopic (exact) mass is 265 g/mol. The van der Waals surface area contributed by atoms with Crippen molar-refractivity contribution in [1.29, 1.82) is 0 Å². The molecule has 1 rings (SSSR count). The van der Waals surface area contributed by atoms with Gasteiger partial charge in [-0.1, -0.05) is 6.92 Å². The minimum Gasteiger partial charge on any atom is -0.383 e. The van der Waals surface area contributed by atoms with Crippen molar-refractivity contribution < 1.29 is 13.2 Å². The van der Waals surface area contributed by atoms with Crippen LogP contribution in [0.25, 0.3) is 0 Å². The number of piperazine rings is 1. The number of ether oxygens (including phenoxy) is 1. The quantitative estimate of drug-likeness (QED) is 0.703. The SMILES string of the molecule is CCN(C(C)COC)S(=O)(=O)N1CCNCC1. The van der Waals surface area contributed by atoms with Gasteiger partial charge in [0.2, 0.25) is 0 Å². The zero-order valence-electron chi connectivity index (χ0n) is 10.8. The number of likely N-dealkylation sites (N-methyl/N-ethyl adjacent to an activating group) is 1. The Morgan fingerprint density at radius 2 is 2.00 bits per heavy atom. The molecule has 1 heterocycles. The predicted molar refractivity (Wildman–Crippen MR) is 67.1 cm³/mol. The molecule has 0 spiro atoms. The molecule has 0 radical (unpaired) electrons. The van der Waals surface area contributed by atoms with E-state index in [1.807, 2.05) is 13.8 Å². The van der Waals surface area contributed by atoms with Gasteiger partial charge >= 0.3 is 0 Å². The van der Waals surface area contributed by atoms with Crippen molar-refractivity contribution in [3.8, 4) is 0 Å². The maximum atomic E-state index is 12.4. The molecule has 1 atom stereocenters. The molecule has 7 heteroatoms. The van der Waals surface area contributed by atoms with E-state index in [9.17, 15) is 8.42 Å². The second kappa shape index (κ2) is 6.65. The van der Waals surface area contributed by atoms with E-state index in [1.165, 1.54) is 4.31 Å². The molecule has 1 aliphatic rings. The van der Waals surface area contributed by atoms with Gasteiger partial charge in [0, 0.05) is 45.9 Å². The molecule has 0 bridgehead atoms. The van der Waals surface area contributed by atoms with Gasteiger partial charge in [0.05, 0.1) is 6.61 Å². The summed E-state index contributed by atoms with van der Waals surface area (Å²) in [6.45, 7) is 7.12. The highest BCUT2D eigenvalue weighted by atomic mass is 32.2. The third-order valence-corrected chi connectivity index (χ3v) is 5.14. The number of hydrogen-bond acceptors (Lipinski definition) is 4. The fourth-order valence-corrected chi connectivity index (χ4v) is 3.83. The van der Waals surface area contributed by atoms with Gasteiger partial charge in [0.15, 0.2) is 0 Å². The summed E-state index contributed by atoms with van der Waals surface area (Å²) in [6, 6.07) is -0.134. The lowest BCUT2D eigenvalue weighted by molar-refractivity contribution is 0.138.